The van der Waals surface area contributed by atoms with E-state index in [4.69, 9.17) is 4.99 Å². The van der Waals surface area contributed by atoms with Crippen LogP contribution < -0.4 is 10.2 Å². The molecule has 3 aromatic rings. The first kappa shape index (κ1) is 23.3. The first-order valence-corrected chi connectivity index (χ1v) is 11.5. The van der Waals surface area contributed by atoms with Crippen molar-refractivity contribution in [2.24, 2.45) is 16.0 Å². The average Bonchev–Trinajstić information content (AvgIpc) is 3.38. The van der Waals surface area contributed by atoms with Crippen LogP contribution in [0, 0.1) is 19.8 Å². The highest BCUT2D eigenvalue weighted by Gasteiger charge is 2.33. The number of nitrogens with one attached hydrogen (secondary N) is 1. The average molecular weight is 459 g/mol. The number of aryl methyl sites for hydroxylation is 2. The summed E-state index contributed by atoms with van der Waals surface area (Å²) in [6.07, 6.45) is 1.71. The quantitative estimate of drug-likeness (QED) is 0.584. The molecule has 0 spiro atoms. The van der Waals surface area contributed by atoms with Crippen molar-refractivity contribution in [1.82, 2.24) is 25.2 Å². The lowest BCUT2D eigenvalue weighted by Gasteiger charge is -2.25. The van der Waals surface area contributed by atoms with Gasteiger partial charge in [-0.2, -0.15) is 9.78 Å². The summed E-state index contributed by atoms with van der Waals surface area (Å²) >= 11 is 0. The van der Waals surface area contributed by atoms with Crippen molar-refractivity contribution in [1.29, 1.82) is 0 Å². The number of fused-ring (bicyclic) bond motifs is 1. The number of aromatic nitrogens is 4. The molecule has 1 amide bonds. The van der Waals surface area contributed by atoms with Crippen LogP contribution in [0.2, 0.25) is 0 Å². The lowest BCUT2D eigenvalue weighted by molar-refractivity contribution is -0.114. The van der Waals surface area contributed by atoms with Crippen LogP contribution in [0.15, 0.2) is 46.6 Å². The summed E-state index contributed by atoms with van der Waals surface area (Å²) in [4.78, 5) is 24.2. The van der Waals surface area contributed by atoms with Crippen molar-refractivity contribution >= 4 is 28.7 Å². The topological polar surface area (TPSA) is 101 Å². The van der Waals surface area contributed by atoms with Gasteiger partial charge in [-0.1, -0.05) is 13.8 Å². The maximum Gasteiger partial charge on any atom is 0.273 e. The molecule has 0 saturated carbocycles. The number of aliphatic imine (C=N–C) groups is 1. The summed E-state index contributed by atoms with van der Waals surface area (Å²) in [5.41, 5.74) is 5.16. The Kier molecular flexibility index (Phi) is 6.54. The van der Waals surface area contributed by atoms with E-state index < -0.39 is 0 Å². The fourth-order valence-corrected chi connectivity index (χ4v) is 3.91. The molecule has 4 rings (SSSR count). The maximum atomic E-state index is 12.6. The number of pyridine rings is 1. The second-order valence-corrected chi connectivity index (χ2v) is 8.77. The van der Waals surface area contributed by atoms with Crippen LogP contribution in [-0.2, 0) is 4.79 Å². The molecule has 9 heteroatoms. The predicted molar refractivity (Wildman–Crippen MR) is 135 cm³/mol. The monoisotopic (exact) mass is 458 g/mol. The van der Waals surface area contributed by atoms with E-state index in [0.717, 1.165) is 35.6 Å². The number of anilines is 1. The lowest BCUT2D eigenvalue weighted by Crippen LogP contribution is -2.32. The van der Waals surface area contributed by atoms with Crippen LogP contribution in [0.25, 0.3) is 11.5 Å². The second kappa shape index (κ2) is 9.54. The van der Waals surface area contributed by atoms with Crippen molar-refractivity contribution in [3.05, 3.63) is 53.5 Å². The summed E-state index contributed by atoms with van der Waals surface area (Å²) in [7, 11) is 1.57. The molecule has 1 N–H and O–H groups in total. The van der Waals surface area contributed by atoms with E-state index in [1.165, 1.54) is 4.68 Å². The fraction of sp³-hybridized carbons (Fsp3) is 0.360. The highest BCUT2D eigenvalue weighted by Crippen LogP contribution is 2.28. The Morgan fingerprint density at radius 2 is 1.91 bits per heavy atom. The second-order valence-electron chi connectivity index (χ2n) is 8.77. The van der Waals surface area contributed by atoms with E-state index in [0.29, 0.717) is 29.0 Å². The van der Waals surface area contributed by atoms with Crippen molar-refractivity contribution in [3.8, 4) is 11.5 Å². The smallest absolute Gasteiger partial charge is 0.273 e. The number of carbonyl (C=O) groups excluding carboxylic acids is 1. The van der Waals surface area contributed by atoms with Gasteiger partial charge < -0.3 is 10.2 Å². The zero-order valence-corrected chi connectivity index (χ0v) is 20.5. The molecule has 0 atom stereocenters. The molecule has 0 radical (unpaired) electrons. The van der Waals surface area contributed by atoms with Gasteiger partial charge in [0.2, 0.25) is 11.6 Å². The van der Waals surface area contributed by atoms with Gasteiger partial charge in [-0.3, -0.25) is 9.78 Å². The van der Waals surface area contributed by atoms with Crippen LogP contribution in [0.5, 0.6) is 0 Å². The van der Waals surface area contributed by atoms with Crippen molar-refractivity contribution < 1.29 is 4.79 Å². The molecule has 3 heterocycles. The standard InChI is InChI=1S/C25H30N8O/c1-7-32(14-15(2)3)18-8-9-19(17(5)13-18)28-21-22(25(34)26-6)31-33-23(29-30-24(21)33)20-12-16(4)10-11-27-20/h8-13,15H,7,14H2,1-6H3,(H,26,34)/b28-21-. The summed E-state index contributed by atoms with van der Waals surface area (Å²) in [5.74, 6) is 1.10. The van der Waals surface area contributed by atoms with Gasteiger partial charge in [0, 0.05) is 32.0 Å². The number of benzene rings is 1. The minimum atomic E-state index is -0.337. The molecule has 1 aliphatic heterocycles. The molecular weight excluding hydrogens is 428 g/mol. The van der Waals surface area contributed by atoms with Crippen LogP contribution in [0.3, 0.4) is 0 Å². The molecule has 176 valence electrons. The van der Waals surface area contributed by atoms with Gasteiger partial charge in [0.15, 0.2) is 5.71 Å². The number of amides is 1. The number of carbonyl (C=O) groups is 1. The van der Waals surface area contributed by atoms with Gasteiger partial charge in [0.05, 0.1) is 5.69 Å². The minimum Gasteiger partial charge on any atom is -0.372 e. The zero-order chi connectivity index (χ0) is 24.4. The number of rotatable bonds is 7. The van der Waals surface area contributed by atoms with Gasteiger partial charge in [-0.25, -0.2) is 4.99 Å². The van der Waals surface area contributed by atoms with E-state index in [1.807, 2.05) is 32.0 Å². The minimum absolute atomic E-state index is 0.194. The summed E-state index contributed by atoms with van der Waals surface area (Å²) in [6, 6.07) is 9.98. The molecule has 0 fully saturated rings. The highest BCUT2D eigenvalue weighted by molar-refractivity contribution is 6.70. The molecule has 0 unspecified atom stereocenters. The fourth-order valence-electron chi connectivity index (χ4n) is 3.91. The zero-order valence-electron chi connectivity index (χ0n) is 20.5. The van der Waals surface area contributed by atoms with Gasteiger partial charge in [-0.05, 0) is 68.1 Å². The predicted octanol–water partition coefficient (Wildman–Crippen LogP) is 3.52. The third-order valence-corrected chi connectivity index (χ3v) is 5.61. The normalized spacial score (nSPS) is 13.9. The van der Waals surface area contributed by atoms with Crippen LogP contribution in [0.4, 0.5) is 11.4 Å². The van der Waals surface area contributed by atoms with E-state index in [2.05, 4.69) is 63.4 Å². The third-order valence-electron chi connectivity index (χ3n) is 5.61. The van der Waals surface area contributed by atoms with E-state index >= 15 is 0 Å². The Bertz CT molecular complexity index is 1290. The van der Waals surface area contributed by atoms with Crippen LogP contribution in [0.1, 0.15) is 37.7 Å². The molecule has 0 aliphatic carbocycles. The van der Waals surface area contributed by atoms with E-state index in [-0.39, 0.29) is 11.6 Å². The van der Waals surface area contributed by atoms with Crippen molar-refractivity contribution in [2.45, 2.75) is 34.6 Å². The molecule has 1 aliphatic rings. The van der Waals surface area contributed by atoms with Gasteiger partial charge in [0.25, 0.3) is 5.91 Å². The molecule has 2 aromatic heterocycles. The molecular formula is C25H30N8O. The molecule has 0 bridgehead atoms. The highest BCUT2D eigenvalue weighted by atomic mass is 16.2. The van der Waals surface area contributed by atoms with Gasteiger partial charge in [-0.15, -0.1) is 10.2 Å². The number of nitrogens with zero attached hydrogens (tertiary/aromatic N) is 7. The SMILES string of the molecule is CCN(CC(C)C)c1ccc(/N=C2/C(C(=O)NC)=Nn3c2nnc3-c2cc(C)ccn2)c(C)c1. The van der Waals surface area contributed by atoms with E-state index in [1.54, 1.807) is 13.2 Å². The maximum absolute atomic E-state index is 12.6. The molecule has 0 saturated heterocycles. The largest absolute Gasteiger partial charge is 0.372 e. The molecule has 9 nitrogen and oxygen atoms in total. The van der Waals surface area contributed by atoms with Crippen LogP contribution in [-0.4, -0.2) is 57.3 Å². The summed E-state index contributed by atoms with van der Waals surface area (Å²) < 4.78 is 1.54. The molecule has 1 aromatic carbocycles. The van der Waals surface area contributed by atoms with Crippen molar-refractivity contribution in [3.63, 3.8) is 0 Å². The Hall–Kier alpha value is -3.88. The Morgan fingerprint density at radius 3 is 2.56 bits per heavy atom. The van der Waals surface area contributed by atoms with Crippen molar-refractivity contribution in [2.75, 3.05) is 25.0 Å². The first-order valence-electron chi connectivity index (χ1n) is 11.5. The number of hydrogen-bond acceptors (Lipinski definition) is 7. The Labute approximate surface area is 199 Å². The van der Waals surface area contributed by atoms with E-state index in [9.17, 15) is 4.79 Å². The van der Waals surface area contributed by atoms with Crippen LogP contribution >= 0.6 is 0 Å². The summed E-state index contributed by atoms with van der Waals surface area (Å²) in [6.45, 7) is 12.5. The number of hydrogen-bond donors (Lipinski definition) is 1. The van der Waals surface area contributed by atoms with Gasteiger partial charge in [0.1, 0.15) is 11.4 Å². The Balaban J connectivity index is 1.77. The molecule has 34 heavy (non-hydrogen) atoms. The first-order chi connectivity index (χ1) is 16.3. The third kappa shape index (κ3) is 4.46. The summed E-state index contributed by atoms with van der Waals surface area (Å²) in [5, 5.41) is 15.7. The Morgan fingerprint density at radius 1 is 1.15 bits per heavy atom. The van der Waals surface area contributed by atoms with Gasteiger partial charge >= 0.3 is 0 Å². The lowest BCUT2D eigenvalue weighted by atomic mass is 10.1.